The first-order valence-electron chi connectivity index (χ1n) is 5.84. The lowest BCUT2D eigenvalue weighted by Gasteiger charge is -2.06. The summed E-state index contributed by atoms with van der Waals surface area (Å²) < 4.78 is 2.13. The lowest BCUT2D eigenvalue weighted by Crippen LogP contribution is -1.96. The molecule has 0 spiro atoms. The van der Waals surface area contributed by atoms with E-state index in [2.05, 4.69) is 21.7 Å². The summed E-state index contributed by atoms with van der Waals surface area (Å²) in [5, 5.41) is 7.28. The summed E-state index contributed by atoms with van der Waals surface area (Å²) in [5.74, 6) is 0.957. The van der Waals surface area contributed by atoms with E-state index < -0.39 is 0 Å². The van der Waals surface area contributed by atoms with Gasteiger partial charge in [0.1, 0.15) is 5.82 Å². The molecule has 0 unspecified atom stereocenters. The number of nitrogens with zero attached hydrogens (tertiary/aromatic N) is 2. The number of benzene rings is 2. The molecule has 1 aromatic heterocycles. The maximum absolute atomic E-state index is 7.28. The van der Waals surface area contributed by atoms with Crippen molar-refractivity contribution in [2.75, 3.05) is 0 Å². The van der Waals surface area contributed by atoms with Crippen LogP contribution in [0.1, 0.15) is 11.4 Å². The molecule has 0 aliphatic rings. The maximum atomic E-state index is 7.28. The number of rotatable bonds is 2. The van der Waals surface area contributed by atoms with Crippen molar-refractivity contribution in [2.24, 2.45) is 0 Å². The highest BCUT2D eigenvalue weighted by Gasteiger charge is 2.08. The van der Waals surface area contributed by atoms with Crippen LogP contribution in [0, 0.1) is 12.3 Å². The Hall–Kier alpha value is -2.42. The minimum absolute atomic E-state index is 0.875. The van der Waals surface area contributed by atoms with Crippen LogP contribution in [-0.2, 0) is 0 Å². The van der Waals surface area contributed by atoms with E-state index in [0.717, 1.165) is 28.1 Å². The monoisotopic (exact) mass is 235 g/mol. The highest BCUT2D eigenvalue weighted by Crippen LogP contribution is 2.21. The van der Waals surface area contributed by atoms with Gasteiger partial charge in [0.15, 0.2) is 0 Å². The Balaban J connectivity index is 2.30. The van der Waals surface area contributed by atoms with Gasteiger partial charge >= 0.3 is 0 Å². The number of fused-ring (bicyclic) bond motifs is 1. The van der Waals surface area contributed by atoms with Crippen molar-refractivity contribution in [3.8, 4) is 5.69 Å². The molecule has 3 heteroatoms. The van der Waals surface area contributed by atoms with Crippen LogP contribution < -0.4 is 0 Å². The molecule has 1 N–H and O–H groups in total. The summed E-state index contributed by atoms with van der Waals surface area (Å²) in [5.41, 5.74) is 3.99. The molecule has 0 amide bonds. The third-order valence-electron chi connectivity index (χ3n) is 3.03. The first-order valence-corrected chi connectivity index (χ1v) is 5.84. The third kappa shape index (κ3) is 1.61. The van der Waals surface area contributed by atoms with Crippen molar-refractivity contribution in [2.45, 2.75) is 6.92 Å². The van der Waals surface area contributed by atoms with E-state index in [1.807, 2.05) is 43.3 Å². The summed E-state index contributed by atoms with van der Waals surface area (Å²) in [6, 6.07) is 16.1. The number of aryl methyl sites for hydroxylation is 1. The summed E-state index contributed by atoms with van der Waals surface area (Å²) in [6.45, 7) is 2.00. The van der Waals surface area contributed by atoms with Crippen LogP contribution in [0.25, 0.3) is 16.7 Å². The van der Waals surface area contributed by atoms with Gasteiger partial charge in [0.2, 0.25) is 0 Å². The van der Waals surface area contributed by atoms with E-state index in [-0.39, 0.29) is 0 Å². The number of aromatic nitrogens is 2. The van der Waals surface area contributed by atoms with Crippen molar-refractivity contribution in [1.82, 2.24) is 9.55 Å². The van der Waals surface area contributed by atoms with Gasteiger partial charge in [0, 0.05) is 11.9 Å². The zero-order chi connectivity index (χ0) is 12.5. The van der Waals surface area contributed by atoms with E-state index in [1.54, 1.807) is 0 Å². The highest BCUT2D eigenvalue weighted by atomic mass is 15.1. The van der Waals surface area contributed by atoms with Gasteiger partial charge in [-0.15, -0.1) is 0 Å². The molecule has 3 nitrogen and oxygen atoms in total. The maximum Gasteiger partial charge on any atom is 0.111 e. The molecule has 0 atom stereocenters. The molecule has 1 heterocycles. The Kier molecular flexibility index (Phi) is 2.45. The van der Waals surface area contributed by atoms with Gasteiger partial charge in [-0.05, 0) is 36.8 Å². The van der Waals surface area contributed by atoms with E-state index >= 15 is 0 Å². The van der Waals surface area contributed by atoms with Crippen LogP contribution in [0.2, 0.25) is 0 Å². The van der Waals surface area contributed by atoms with E-state index in [0.29, 0.717) is 0 Å². The fraction of sp³-hybridized carbons (Fsp3) is 0.0667. The second kappa shape index (κ2) is 4.11. The summed E-state index contributed by atoms with van der Waals surface area (Å²) in [6.07, 6.45) is 1.34. The Morgan fingerprint density at radius 2 is 1.89 bits per heavy atom. The van der Waals surface area contributed by atoms with Crippen molar-refractivity contribution in [1.29, 1.82) is 5.41 Å². The number of nitrogens with one attached hydrogen (secondary N) is 1. The molecule has 0 fully saturated rings. The first-order chi connectivity index (χ1) is 8.79. The molecule has 2 aromatic carbocycles. The molecule has 88 valence electrons. The van der Waals surface area contributed by atoms with E-state index in [1.165, 1.54) is 6.21 Å². The SMILES string of the molecule is Cc1nc2cc(C=N)ccc2n1-c1ccccc1. The fourth-order valence-corrected chi connectivity index (χ4v) is 2.21. The van der Waals surface area contributed by atoms with Crippen LogP contribution in [0.5, 0.6) is 0 Å². The predicted octanol–water partition coefficient (Wildman–Crippen LogP) is 3.33. The van der Waals surface area contributed by atoms with Gasteiger partial charge in [-0.2, -0.15) is 0 Å². The minimum atomic E-state index is 0.875. The lowest BCUT2D eigenvalue weighted by molar-refractivity contribution is 1.00. The molecule has 0 aliphatic carbocycles. The zero-order valence-corrected chi connectivity index (χ0v) is 10.1. The Labute approximate surface area is 105 Å². The van der Waals surface area contributed by atoms with Gasteiger partial charge in [-0.3, -0.25) is 4.57 Å². The number of hydrogen-bond acceptors (Lipinski definition) is 2. The van der Waals surface area contributed by atoms with Crippen molar-refractivity contribution >= 4 is 17.2 Å². The summed E-state index contributed by atoms with van der Waals surface area (Å²) in [4.78, 5) is 4.56. The van der Waals surface area contributed by atoms with Crippen LogP contribution in [0.4, 0.5) is 0 Å². The largest absolute Gasteiger partial charge is 0.308 e. The molecule has 0 radical (unpaired) electrons. The molecule has 0 bridgehead atoms. The molecule has 0 aliphatic heterocycles. The molecule has 3 rings (SSSR count). The highest BCUT2D eigenvalue weighted by molar-refractivity contribution is 5.87. The van der Waals surface area contributed by atoms with E-state index in [4.69, 9.17) is 5.41 Å². The minimum Gasteiger partial charge on any atom is -0.308 e. The van der Waals surface area contributed by atoms with Gasteiger partial charge in [-0.1, -0.05) is 24.3 Å². The molecule has 0 saturated heterocycles. The number of imidazole rings is 1. The van der Waals surface area contributed by atoms with E-state index in [9.17, 15) is 0 Å². The van der Waals surface area contributed by atoms with Gasteiger partial charge in [-0.25, -0.2) is 4.98 Å². The molecular formula is C15H13N3. The van der Waals surface area contributed by atoms with Crippen LogP contribution in [0.3, 0.4) is 0 Å². The second-order valence-electron chi connectivity index (χ2n) is 4.22. The third-order valence-corrected chi connectivity index (χ3v) is 3.03. The average Bonchev–Trinajstić information content (AvgIpc) is 2.74. The predicted molar refractivity (Wildman–Crippen MR) is 73.7 cm³/mol. The molecule has 18 heavy (non-hydrogen) atoms. The van der Waals surface area contributed by atoms with Gasteiger partial charge in [0.25, 0.3) is 0 Å². The quantitative estimate of drug-likeness (QED) is 0.680. The standard InChI is InChI=1S/C15H13N3/c1-11-17-14-9-12(10-16)7-8-15(14)18(11)13-5-3-2-4-6-13/h2-10,16H,1H3. The zero-order valence-electron chi connectivity index (χ0n) is 10.1. The van der Waals surface area contributed by atoms with Crippen molar-refractivity contribution in [3.63, 3.8) is 0 Å². The topological polar surface area (TPSA) is 41.7 Å². The smallest absolute Gasteiger partial charge is 0.111 e. The Morgan fingerprint density at radius 3 is 2.61 bits per heavy atom. The van der Waals surface area contributed by atoms with Crippen LogP contribution >= 0.6 is 0 Å². The lowest BCUT2D eigenvalue weighted by atomic mass is 10.2. The van der Waals surface area contributed by atoms with Crippen molar-refractivity contribution in [3.05, 3.63) is 59.9 Å². The van der Waals surface area contributed by atoms with Crippen molar-refractivity contribution < 1.29 is 0 Å². The van der Waals surface area contributed by atoms with Crippen LogP contribution in [-0.4, -0.2) is 15.8 Å². The van der Waals surface area contributed by atoms with Crippen LogP contribution in [0.15, 0.2) is 48.5 Å². The normalized spacial score (nSPS) is 10.7. The summed E-state index contributed by atoms with van der Waals surface area (Å²) >= 11 is 0. The van der Waals surface area contributed by atoms with Gasteiger partial charge in [0.05, 0.1) is 11.0 Å². The Morgan fingerprint density at radius 1 is 1.11 bits per heavy atom. The van der Waals surface area contributed by atoms with Gasteiger partial charge < -0.3 is 5.41 Å². The summed E-state index contributed by atoms with van der Waals surface area (Å²) in [7, 11) is 0. The fourth-order valence-electron chi connectivity index (χ4n) is 2.21. The number of hydrogen-bond donors (Lipinski definition) is 1. The molecule has 0 saturated carbocycles. The average molecular weight is 235 g/mol. The first kappa shape index (κ1) is 10.7. The number of para-hydroxylation sites is 1. The Bertz CT molecular complexity index is 711. The molecule has 3 aromatic rings. The second-order valence-corrected chi connectivity index (χ2v) is 4.22. The molecular weight excluding hydrogens is 222 g/mol.